The summed E-state index contributed by atoms with van der Waals surface area (Å²) in [5.74, 6) is 0. The minimum atomic E-state index is -3.72. The fraction of sp³-hybridized carbons (Fsp3) is 0.231. The summed E-state index contributed by atoms with van der Waals surface area (Å²) in [6, 6.07) is 24.0. The first-order valence-electron chi connectivity index (χ1n) is 11.0. The Morgan fingerprint density at radius 2 is 1.33 bits per heavy atom. The smallest absolute Gasteiger partial charge is 0.399 e. The first-order valence-corrected chi connectivity index (χ1v) is 12.4. The van der Waals surface area contributed by atoms with Crippen LogP contribution in [0.25, 0.3) is 22.0 Å². The maximum Gasteiger partial charge on any atom is 0.494 e. The van der Waals surface area contributed by atoms with Gasteiger partial charge in [0.2, 0.25) is 0 Å². The van der Waals surface area contributed by atoms with Gasteiger partial charge in [-0.3, -0.25) is 0 Å². The molecule has 0 bridgehead atoms. The fourth-order valence-electron chi connectivity index (χ4n) is 4.08. The van der Waals surface area contributed by atoms with Crippen LogP contribution in [0, 0.1) is 0 Å². The molecule has 1 aliphatic heterocycles. The summed E-state index contributed by atoms with van der Waals surface area (Å²) in [5, 5.41) is 0.875. The van der Waals surface area contributed by atoms with Crippen molar-refractivity contribution in [3.05, 3.63) is 85.1 Å². The molecule has 0 N–H and O–H groups in total. The Kier molecular flexibility index (Phi) is 5.05. The molecule has 0 aliphatic carbocycles. The lowest BCUT2D eigenvalue weighted by Gasteiger charge is -2.32. The van der Waals surface area contributed by atoms with Crippen molar-refractivity contribution in [1.29, 1.82) is 0 Å². The van der Waals surface area contributed by atoms with Crippen LogP contribution in [0.2, 0.25) is 0 Å². The molecule has 168 valence electrons. The molecule has 5 rings (SSSR count). The molecule has 4 aromatic rings. The van der Waals surface area contributed by atoms with Crippen LogP contribution in [0.5, 0.6) is 0 Å². The topological polar surface area (TPSA) is 57.5 Å². The van der Waals surface area contributed by atoms with Gasteiger partial charge >= 0.3 is 7.12 Å². The van der Waals surface area contributed by atoms with Crippen molar-refractivity contribution in [1.82, 2.24) is 3.97 Å². The molecule has 0 atom stereocenters. The van der Waals surface area contributed by atoms with Crippen LogP contribution < -0.4 is 5.46 Å². The minimum Gasteiger partial charge on any atom is -0.399 e. The second-order valence-electron chi connectivity index (χ2n) is 9.38. The molecule has 1 saturated heterocycles. The lowest BCUT2D eigenvalue weighted by molar-refractivity contribution is 0.00578. The van der Waals surface area contributed by atoms with Gasteiger partial charge in [0.1, 0.15) is 0 Å². The molecule has 1 fully saturated rings. The zero-order valence-electron chi connectivity index (χ0n) is 19.1. The summed E-state index contributed by atoms with van der Waals surface area (Å²) in [5.41, 5.74) is 2.54. The molecule has 0 radical (unpaired) electrons. The van der Waals surface area contributed by atoms with E-state index in [0.717, 1.165) is 22.0 Å². The summed E-state index contributed by atoms with van der Waals surface area (Å²) in [4.78, 5) is 0.258. The van der Waals surface area contributed by atoms with Gasteiger partial charge in [-0.15, -0.1) is 0 Å². The van der Waals surface area contributed by atoms with Gasteiger partial charge in [0.05, 0.1) is 21.6 Å². The molecule has 1 aliphatic rings. The van der Waals surface area contributed by atoms with E-state index in [4.69, 9.17) is 9.31 Å². The SMILES string of the molecule is CC1(C)OB(c2ccc(-c3cn(S(=O)(=O)c4ccccc4)c4ccccc34)cc2)OC1(C)C. The van der Waals surface area contributed by atoms with Gasteiger partial charge in [-0.1, -0.05) is 60.7 Å². The molecule has 0 spiro atoms. The molecule has 5 nitrogen and oxygen atoms in total. The second kappa shape index (κ2) is 7.59. The lowest BCUT2D eigenvalue weighted by Crippen LogP contribution is -2.41. The van der Waals surface area contributed by atoms with Crippen molar-refractivity contribution in [2.45, 2.75) is 43.8 Å². The number of rotatable bonds is 4. The summed E-state index contributed by atoms with van der Waals surface area (Å²) >= 11 is 0. The van der Waals surface area contributed by atoms with Crippen molar-refractivity contribution in [3.8, 4) is 11.1 Å². The number of aromatic nitrogens is 1. The number of nitrogens with zero attached hydrogens (tertiary/aromatic N) is 1. The third-order valence-corrected chi connectivity index (χ3v) is 8.41. The predicted molar refractivity (Wildman–Crippen MR) is 132 cm³/mol. The molecule has 7 heteroatoms. The molecule has 33 heavy (non-hydrogen) atoms. The van der Waals surface area contributed by atoms with Crippen molar-refractivity contribution < 1.29 is 17.7 Å². The van der Waals surface area contributed by atoms with Gasteiger partial charge in [0.15, 0.2) is 0 Å². The summed E-state index contributed by atoms with van der Waals surface area (Å²) in [7, 11) is -4.16. The zero-order chi connectivity index (χ0) is 23.4. The van der Waals surface area contributed by atoms with E-state index < -0.39 is 28.3 Å². The lowest BCUT2D eigenvalue weighted by atomic mass is 9.78. The zero-order valence-corrected chi connectivity index (χ0v) is 20.0. The highest BCUT2D eigenvalue weighted by molar-refractivity contribution is 7.90. The largest absolute Gasteiger partial charge is 0.494 e. The molecule has 0 unspecified atom stereocenters. The van der Waals surface area contributed by atoms with Crippen LogP contribution in [0.1, 0.15) is 27.7 Å². The monoisotopic (exact) mass is 459 g/mol. The minimum absolute atomic E-state index is 0.258. The molecule has 1 aromatic heterocycles. The van der Waals surface area contributed by atoms with E-state index in [0.29, 0.717) is 5.52 Å². The van der Waals surface area contributed by atoms with Crippen molar-refractivity contribution in [2.24, 2.45) is 0 Å². The predicted octanol–water partition coefficient (Wildman–Crippen LogP) is 4.84. The van der Waals surface area contributed by atoms with Gasteiger partial charge in [-0.2, -0.15) is 0 Å². The van der Waals surface area contributed by atoms with E-state index in [9.17, 15) is 8.42 Å². The quantitative estimate of drug-likeness (QED) is 0.410. The van der Waals surface area contributed by atoms with Crippen LogP contribution >= 0.6 is 0 Å². The summed E-state index contributed by atoms with van der Waals surface area (Å²) in [6.45, 7) is 8.12. The van der Waals surface area contributed by atoms with Crippen LogP contribution in [-0.4, -0.2) is 30.7 Å². The Hall–Kier alpha value is -2.87. The van der Waals surface area contributed by atoms with Crippen LogP contribution in [-0.2, 0) is 19.3 Å². The third-order valence-electron chi connectivity index (χ3n) is 6.73. The Morgan fingerprint density at radius 1 is 0.758 bits per heavy atom. The second-order valence-corrected chi connectivity index (χ2v) is 11.2. The first-order chi connectivity index (χ1) is 15.6. The Labute approximate surface area is 195 Å². The standard InChI is InChI=1S/C26H26BNO4S/c1-25(2)26(3,4)32-27(31-25)20-16-14-19(15-17-20)23-18-28(24-13-9-8-12-22(23)24)33(29,30)21-10-6-5-7-11-21/h5-18H,1-4H3. The van der Waals surface area contributed by atoms with Gasteiger partial charge < -0.3 is 9.31 Å². The van der Waals surface area contributed by atoms with Gasteiger partial charge in [-0.25, -0.2) is 12.4 Å². The van der Waals surface area contributed by atoms with E-state index in [1.165, 1.54) is 3.97 Å². The van der Waals surface area contributed by atoms with E-state index in [1.807, 2.05) is 76.2 Å². The van der Waals surface area contributed by atoms with Gasteiger partial charge in [0.25, 0.3) is 10.0 Å². The molecular formula is C26H26BNO4S. The first kappa shape index (κ1) is 22.0. The maximum absolute atomic E-state index is 13.4. The van der Waals surface area contributed by atoms with Crippen LogP contribution in [0.3, 0.4) is 0 Å². The molecule has 2 heterocycles. The number of hydrogen-bond donors (Lipinski definition) is 0. The Bertz CT molecular complexity index is 1410. The fourth-order valence-corrected chi connectivity index (χ4v) is 5.47. The molecule has 0 amide bonds. The van der Waals surface area contributed by atoms with Crippen LogP contribution in [0.15, 0.2) is 90.0 Å². The number of fused-ring (bicyclic) bond motifs is 1. The normalized spacial score (nSPS) is 17.5. The Morgan fingerprint density at radius 3 is 1.97 bits per heavy atom. The van der Waals surface area contributed by atoms with Gasteiger partial charge in [-0.05, 0) is 56.9 Å². The highest BCUT2D eigenvalue weighted by Gasteiger charge is 2.51. The molecule has 0 saturated carbocycles. The molecular weight excluding hydrogens is 433 g/mol. The average molecular weight is 459 g/mol. The number of para-hydroxylation sites is 1. The van der Waals surface area contributed by atoms with E-state index >= 15 is 0 Å². The molecule has 3 aromatic carbocycles. The summed E-state index contributed by atoms with van der Waals surface area (Å²) < 4.78 is 40.4. The van der Waals surface area contributed by atoms with Crippen molar-refractivity contribution >= 4 is 33.5 Å². The third kappa shape index (κ3) is 3.61. The van der Waals surface area contributed by atoms with Crippen molar-refractivity contribution in [2.75, 3.05) is 0 Å². The highest BCUT2D eigenvalue weighted by atomic mass is 32.2. The Balaban J connectivity index is 1.56. The van der Waals surface area contributed by atoms with Crippen molar-refractivity contribution in [3.63, 3.8) is 0 Å². The number of hydrogen-bond acceptors (Lipinski definition) is 4. The van der Waals surface area contributed by atoms with E-state index in [2.05, 4.69) is 0 Å². The summed E-state index contributed by atoms with van der Waals surface area (Å²) in [6.07, 6.45) is 1.71. The van der Waals surface area contributed by atoms with Crippen LogP contribution in [0.4, 0.5) is 0 Å². The van der Waals surface area contributed by atoms with E-state index in [-0.39, 0.29) is 4.90 Å². The maximum atomic E-state index is 13.4. The number of benzene rings is 3. The highest BCUT2D eigenvalue weighted by Crippen LogP contribution is 2.37. The van der Waals surface area contributed by atoms with Gasteiger partial charge in [0, 0.05) is 17.1 Å². The van der Waals surface area contributed by atoms with E-state index in [1.54, 1.807) is 36.5 Å². The average Bonchev–Trinajstić information content (AvgIpc) is 3.29.